The van der Waals surface area contributed by atoms with Crippen LogP contribution in [0.1, 0.15) is 97.3 Å². The first kappa shape index (κ1) is 30.7. The molecule has 35 heavy (non-hydrogen) atoms. The van der Waals surface area contributed by atoms with Gasteiger partial charge in [-0.25, -0.2) is 5.84 Å². The predicted octanol–water partition coefficient (Wildman–Crippen LogP) is 8.89. The summed E-state index contributed by atoms with van der Waals surface area (Å²) in [5, 5.41) is 12.4. The van der Waals surface area contributed by atoms with Crippen LogP contribution in [0.4, 0.5) is 17.1 Å². The van der Waals surface area contributed by atoms with Gasteiger partial charge in [-0.2, -0.15) is 0 Å². The van der Waals surface area contributed by atoms with Crippen LogP contribution in [0.3, 0.4) is 0 Å². The maximum absolute atomic E-state index is 10.9. The molecule has 0 aliphatic rings. The van der Waals surface area contributed by atoms with Gasteiger partial charge in [0.2, 0.25) is 0 Å². The molecule has 196 valence electrons. The number of anilines is 2. The van der Waals surface area contributed by atoms with Crippen molar-refractivity contribution >= 4 is 29.5 Å². The summed E-state index contributed by atoms with van der Waals surface area (Å²) < 4.78 is 6.36. The van der Waals surface area contributed by atoms with Gasteiger partial charge in [0, 0.05) is 12.1 Å². The van der Waals surface area contributed by atoms with Crippen LogP contribution in [0, 0.1) is 10.1 Å². The molecule has 2 N–H and O–H groups in total. The lowest BCUT2D eigenvalue weighted by Crippen LogP contribution is -2.26. The van der Waals surface area contributed by atoms with E-state index >= 15 is 0 Å². The van der Waals surface area contributed by atoms with Crippen molar-refractivity contribution in [3.05, 3.63) is 58.6 Å². The van der Waals surface area contributed by atoms with Gasteiger partial charge >= 0.3 is 0 Å². The third kappa shape index (κ3) is 11.3. The molecule has 0 radical (unpaired) electrons. The first-order chi connectivity index (χ1) is 16.6. The van der Waals surface area contributed by atoms with Gasteiger partial charge < -0.3 is 4.74 Å². The third-order valence-corrected chi connectivity index (χ3v) is 6.34. The van der Waals surface area contributed by atoms with Crippen molar-refractivity contribution in [3.8, 4) is 5.75 Å². The van der Waals surface area contributed by atoms with Crippen LogP contribution in [0.25, 0.3) is 0 Å². The summed E-state index contributed by atoms with van der Waals surface area (Å²) in [6.07, 6.45) is 16.8. The molecule has 0 saturated heterocycles. The number of benzene rings is 2. The van der Waals surface area contributed by atoms with Crippen LogP contribution in [0.2, 0.25) is 0 Å². The number of nitro benzene ring substituents is 1. The molecule has 2 aromatic carbocycles. The lowest BCUT2D eigenvalue weighted by atomic mass is 10.0. The molecule has 0 aliphatic heterocycles. The van der Waals surface area contributed by atoms with E-state index in [4.69, 9.17) is 10.6 Å². The van der Waals surface area contributed by atoms with Crippen LogP contribution in [-0.4, -0.2) is 11.0 Å². The van der Waals surface area contributed by atoms with Crippen molar-refractivity contribution in [3.63, 3.8) is 0 Å². The topological polar surface area (TPSA) is 81.6 Å². The van der Waals surface area contributed by atoms with Crippen molar-refractivity contribution in [1.82, 2.24) is 0 Å². The minimum Gasteiger partial charge on any atom is -0.488 e. The van der Waals surface area contributed by atoms with E-state index < -0.39 is 4.92 Å². The smallest absolute Gasteiger partial charge is 0.269 e. The number of unbranched alkanes of at least 4 members (excludes halogenated alkanes) is 10. The number of halogens is 1. The van der Waals surface area contributed by atoms with Crippen molar-refractivity contribution < 1.29 is 9.66 Å². The zero-order valence-electron chi connectivity index (χ0n) is 21.5. The molecule has 2 rings (SSSR count). The molecule has 0 aromatic heterocycles. The highest BCUT2D eigenvalue weighted by Crippen LogP contribution is 2.33. The number of para-hydroxylation sites is 2. The van der Waals surface area contributed by atoms with Crippen molar-refractivity contribution in [1.29, 1.82) is 0 Å². The Morgan fingerprint density at radius 2 is 1.40 bits per heavy atom. The van der Waals surface area contributed by atoms with E-state index in [2.05, 4.69) is 13.8 Å². The molecule has 0 aliphatic carbocycles. The summed E-state index contributed by atoms with van der Waals surface area (Å²) in [6.45, 7) is 4.42. The Morgan fingerprint density at radius 3 is 1.94 bits per heavy atom. The molecular weight excluding hydrogens is 462 g/mol. The second-order valence-corrected chi connectivity index (χ2v) is 9.08. The fourth-order valence-corrected chi connectivity index (χ4v) is 4.19. The highest BCUT2D eigenvalue weighted by atomic mass is 35.5. The van der Waals surface area contributed by atoms with Gasteiger partial charge in [0.05, 0.1) is 22.4 Å². The lowest BCUT2D eigenvalue weighted by molar-refractivity contribution is -0.384. The van der Waals surface area contributed by atoms with Crippen LogP contribution in [0.15, 0.2) is 48.5 Å². The van der Waals surface area contributed by atoms with Gasteiger partial charge in [-0.3, -0.25) is 15.1 Å². The molecule has 0 saturated carbocycles. The summed E-state index contributed by atoms with van der Waals surface area (Å²) in [6, 6.07) is 13.9. The average molecular weight is 506 g/mol. The Morgan fingerprint density at radius 1 is 0.857 bits per heavy atom. The standard InChI is InChI=1S/C28H43N3O3.ClH/c1-3-5-6-7-8-9-10-11-12-13-14-17-26(4-2)34-28-19-16-15-18-27(28)30(29)24-20-22-25(23-21-24)31(32)33;/h15-16,18-23,26H,3-14,17,29H2,1-2H3;1H. The number of hydrogen-bond acceptors (Lipinski definition) is 5. The number of hydrogen-bond donors (Lipinski definition) is 1. The summed E-state index contributed by atoms with van der Waals surface area (Å²) in [5.74, 6) is 7.09. The van der Waals surface area contributed by atoms with Gasteiger partial charge in [0.1, 0.15) is 5.75 Å². The fourth-order valence-electron chi connectivity index (χ4n) is 4.19. The Balaban J connectivity index is 0.00000612. The number of nitrogens with two attached hydrogens (primary N) is 1. The normalized spacial score (nSPS) is 11.5. The van der Waals surface area contributed by atoms with Crippen LogP contribution >= 0.6 is 12.4 Å². The molecule has 0 amide bonds. The van der Waals surface area contributed by atoms with E-state index in [0.717, 1.165) is 24.3 Å². The Hall–Kier alpha value is -2.31. The number of non-ortho nitro benzene ring substituents is 1. The van der Waals surface area contributed by atoms with Gasteiger partial charge in [0.15, 0.2) is 0 Å². The number of ether oxygens (including phenoxy) is 1. The maximum atomic E-state index is 10.9. The van der Waals surface area contributed by atoms with Crippen LogP contribution < -0.4 is 15.6 Å². The van der Waals surface area contributed by atoms with E-state index in [1.54, 1.807) is 12.1 Å². The SMILES string of the molecule is CCCCCCCCCCCCCC(CC)Oc1ccccc1N(N)c1ccc([N+](=O)[O-])cc1.Cl. The highest BCUT2D eigenvalue weighted by Gasteiger charge is 2.16. The summed E-state index contributed by atoms with van der Waals surface area (Å²) in [7, 11) is 0. The molecular formula is C28H44ClN3O3. The summed E-state index contributed by atoms with van der Waals surface area (Å²) in [5.41, 5.74) is 1.45. The molecule has 6 nitrogen and oxygen atoms in total. The zero-order valence-corrected chi connectivity index (χ0v) is 22.3. The van der Waals surface area contributed by atoms with E-state index in [1.165, 1.54) is 87.8 Å². The van der Waals surface area contributed by atoms with Gasteiger partial charge in [-0.1, -0.05) is 90.2 Å². The molecule has 1 atom stereocenters. The lowest BCUT2D eigenvalue weighted by Gasteiger charge is -2.25. The number of nitro groups is 1. The predicted molar refractivity (Wildman–Crippen MR) is 149 cm³/mol. The molecule has 2 aromatic rings. The van der Waals surface area contributed by atoms with E-state index in [1.807, 2.05) is 24.3 Å². The zero-order chi connectivity index (χ0) is 24.6. The summed E-state index contributed by atoms with van der Waals surface area (Å²) >= 11 is 0. The Kier molecular flexibility index (Phi) is 15.8. The fraction of sp³-hybridized carbons (Fsp3) is 0.571. The minimum atomic E-state index is -0.414. The molecule has 1 unspecified atom stereocenters. The van der Waals surface area contributed by atoms with Crippen LogP contribution in [-0.2, 0) is 0 Å². The van der Waals surface area contributed by atoms with E-state index in [0.29, 0.717) is 5.69 Å². The first-order valence-electron chi connectivity index (χ1n) is 13.1. The van der Waals surface area contributed by atoms with E-state index in [-0.39, 0.29) is 24.2 Å². The largest absolute Gasteiger partial charge is 0.488 e. The van der Waals surface area contributed by atoms with Gasteiger partial charge in [0.25, 0.3) is 5.69 Å². The Labute approximate surface area is 217 Å². The Bertz CT molecular complexity index is 832. The average Bonchev–Trinajstić information content (AvgIpc) is 2.86. The highest BCUT2D eigenvalue weighted by molar-refractivity contribution is 5.85. The van der Waals surface area contributed by atoms with Crippen molar-refractivity contribution in [2.75, 3.05) is 5.01 Å². The molecule has 0 heterocycles. The van der Waals surface area contributed by atoms with Gasteiger partial charge in [-0.05, 0) is 43.5 Å². The number of nitrogens with zero attached hydrogens (tertiary/aromatic N) is 2. The third-order valence-electron chi connectivity index (χ3n) is 6.34. The minimum absolute atomic E-state index is 0. The number of rotatable bonds is 18. The second-order valence-electron chi connectivity index (χ2n) is 9.08. The molecule has 0 spiro atoms. The van der Waals surface area contributed by atoms with Crippen LogP contribution in [0.5, 0.6) is 5.75 Å². The molecule has 7 heteroatoms. The summed E-state index contributed by atoms with van der Waals surface area (Å²) in [4.78, 5) is 10.5. The first-order valence-corrected chi connectivity index (χ1v) is 13.1. The van der Waals surface area contributed by atoms with Gasteiger partial charge in [-0.15, -0.1) is 12.4 Å². The second kappa shape index (κ2) is 18.0. The molecule has 0 bridgehead atoms. The van der Waals surface area contributed by atoms with E-state index in [9.17, 15) is 10.1 Å². The molecule has 0 fully saturated rings. The van der Waals surface area contributed by atoms with Crippen molar-refractivity contribution in [2.24, 2.45) is 5.84 Å². The maximum Gasteiger partial charge on any atom is 0.269 e. The monoisotopic (exact) mass is 505 g/mol. The quantitative estimate of drug-likeness (QED) is 0.0946. The number of hydrazine groups is 1. The van der Waals surface area contributed by atoms with Crippen molar-refractivity contribution in [2.45, 2.75) is 103 Å².